The maximum atomic E-state index is 5.66. The number of hydrogen-bond donors (Lipinski definition) is 0. The van der Waals surface area contributed by atoms with Crippen molar-refractivity contribution in [1.29, 1.82) is 0 Å². The standard InChI is InChI=1S/C10H12BrNO/c1-12-6-3-7-13-10-8(11)4-2-5-9(10)12/h2,4-5H,3,6-7H2,1H3. The van der Waals surface area contributed by atoms with Gasteiger partial charge in [0.25, 0.3) is 0 Å². The third kappa shape index (κ3) is 1.66. The van der Waals surface area contributed by atoms with Crippen molar-refractivity contribution >= 4 is 21.6 Å². The van der Waals surface area contributed by atoms with E-state index in [2.05, 4.69) is 33.9 Å². The topological polar surface area (TPSA) is 12.5 Å². The van der Waals surface area contributed by atoms with Crippen molar-refractivity contribution in [2.24, 2.45) is 0 Å². The van der Waals surface area contributed by atoms with Crippen LogP contribution in [0.2, 0.25) is 0 Å². The molecule has 0 bridgehead atoms. The molecule has 0 aromatic heterocycles. The molecule has 0 amide bonds. The van der Waals surface area contributed by atoms with Gasteiger partial charge in [-0.15, -0.1) is 0 Å². The Labute approximate surface area is 86.6 Å². The molecule has 13 heavy (non-hydrogen) atoms. The Morgan fingerprint density at radius 2 is 2.31 bits per heavy atom. The number of benzene rings is 1. The van der Waals surface area contributed by atoms with Gasteiger partial charge in [-0.25, -0.2) is 0 Å². The Balaban J connectivity index is 2.47. The molecule has 0 aliphatic carbocycles. The second-order valence-electron chi connectivity index (χ2n) is 3.21. The first-order chi connectivity index (χ1) is 6.29. The molecule has 70 valence electrons. The van der Waals surface area contributed by atoms with E-state index in [1.165, 1.54) is 5.69 Å². The summed E-state index contributed by atoms with van der Waals surface area (Å²) in [5, 5.41) is 0. The van der Waals surface area contributed by atoms with Crippen molar-refractivity contribution < 1.29 is 4.74 Å². The maximum Gasteiger partial charge on any atom is 0.156 e. The van der Waals surface area contributed by atoms with E-state index in [0.717, 1.165) is 29.8 Å². The number of halogens is 1. The summed E-state index contributed by atoms with van der Waals surface area (Å²) >= 11 is 3.49. The zero-order valence-electron chi connectivity index (χ0n) is 7.59. The van der Waals surface area contributed by atoms with Crippen LogP contribution in [0.4, 0.5) is 5.69 Å². The van der Waals surface area contributed by atoms with Crippen molar-refractivity contribution in [2.45, 2.75) is 6.42 Å². The number of para-hydroxylation sites is 1. The molecule has 0 radical (unpaired) electrons. The van der Waals surface area contributed by atoms with E-state index >= 15 is 0 Å². The fourth-order valence-electron chi connectivity index (χ4n) is 1.54. The molecule has 1 aliphatic heterocycles. The quantitative estimate of drug-likeness (QED) is 0.693. The van der Waals surface area contributed by atoms with Crippen LogP contribution in [-0.2, 0) is 0 Å². The highest BCUT2D eigenvalue weighted by molar-refractivity contribution is 9.10. The first-order valence-electron chi connectivity index (χ1n) is 4.41. The molecule has 3 heteroatoms. The summed E-state index contributed by atoms with van der Waals surface area (Å²) in [6.07, 6.45) is 1.08. The number of anilines is 1. The van der Waals surface area contributed by atoms with Gasteiger partial charge in [0, 0.05) is 13.6 Å². The summed E-state index contributed by atoms with van der Waals surface area (Å²) in [6.45, 7) is 1.86. The molecule has 0 N–H and O–H groups in total. The molecule has 0 atom stereocenters. The van der Waals surface area contributed by atoms with Crippen LogP contribution >= 0.6 is 15.9 Å². The Kier molecular flexibility index (Phi) is 2.44. The van der Waals surface area contributed by atoms with Crippen molar-refractivity contribution in [3.8, 4) is 5.75 Å². The van der Waals surface area contributed by atoms with Gasteiger partial charge in [-0.2, -0.15) is 0 Å². The highest BCUT2D eigenvalue weighted by Crippen LogP contribution is 2.36. The Morgan fingerprint density at radius 1 is 1.46 bits per heavy atom. The summed E-state index contributed by atoms with van der Waals surface area (Å²) in [5.41, 5.74) is 1.17. The van der Waals surface area contributed by atoms with Crippen LogP contribution in [0.15, 0.2) is 22.7 Å². The molecule has 0 spiro atoms. The minimum atomic E-state index is 0.806. The van der Waals surface area contributed by atoms with Crippen LogP contribution in [0, 0.1) is 0 Å². The first kappa shape index (κ1) is 8.88. The Bertz CT molecular complexity index is 314. The monoisotopic (exact) mass is 241 g/mol. The number of nitrogens with zero attached hydrogens (tertiary/aromatic N) is 1. The second-order valence-corrected chi connectivity index (χ2v) is 4.07. The second kappa shape index (κ2) is 3.58. The van der Waals surface area contributed by atoms with Crippen molar-refractivity contribution in [1.82, 2.24) is 0 Å². The lowest BCUT2D eigenvalue weighted by molar-refractivity contribution is 0.320. The first-order valence-corrected chi connectivity index (χ1v) is 5.21. The van der Waals surface area contributed by atoms with E-state index in [9.17, 15) is 0 Å². The third-order valence-corrected chi connectivity index (χ3v) is 2.87. The van der Waals surface area contributed by atoms with Crippen LogP contribution in [0.3, 0.4) is 0 Å². The fourth-order valence-corrected chi connectivity index (χ4v) is 2.01. The van der Waals surface area contributed by atoms with Crippen LogP contribution in [0.5, 0.6) is 5.75 Å². The smallest absolute Gasteiger partial charge is 0.156 e. The average molecular weight is 242 g/mol. The molecular formula is C10H12BrNO. The predicted octanol–water partition coefficient (Wildman–Crippen LogP) is 2.67. The van der Waals surface area contributed by atoms with Crippen LogP contribution in [0.25, 0.3) is 0 Å². The van der Waals surface area contributed by atoms with Crippen molar-refractivity contribution in [3.05, 3.63) is 22.7 Å². The van der Waals surface area contributed by atoms with Crippen LogP contribution < -0.4 is 9.64 Å². The highest BCUT2D eigenvalue weighted by Gasteiger charge is 2.14. The lowest BCUT2D eigenvalue weighted by Crippen LogP contribution is -2.17. The third-order valence-electron chi connectivity index (χ3n) is 2.24. The molecule has 1 aromatic carbocycles. The number of rotatable bonds is 0. The van der Waals surface area contributed by atoms with Gasteiger partial charge in [-0.05, 0) is 34.5 Å². The van der Waals surface area contributed by atoms with Gasteiger partial charge >= 0.3 is 0 Å². The van der Waals surface area contributed by atoms with Gasteiger partial charge in [-0.3, -0.25) is 0 Å². The predicted molar refractivity (Wildman–Crippen MR) is 57.5 cm³/mol. The molecule has 1 aliphatic rings. The SMILES string of the molecule is CN1CCCOc2c(Br)cccc21. The minimum Gasteiger partial charge on any atom is -0.490 e. The van der Waals surface area contributed by atoms with E-state index in [-0.39, 0.29) is 0 Å². The summed E-state index contributed by atoms with van der Waals surface area (Å²) in [4.78, 5) is 2.23. The van der Waals surface area contributed by atoms with E-state index < -0.39 is 0 Å². The molecule has 1 heterocycles. The van der Waals surface area contributed by atoms with Crippen LogP contribution in [-0.4, -0.2) is 20.2 Å². The summed E-state index contributed by atoms with van der Waals surface area (Å²) < 4.78 is 6.70. The normalized spacial score (nSPS) is 16.0. The Hall–Kier alpha value is -0.700. The lowest BCUT2D eigenvalue weighted by Gasteiger charge is -2.18. The number of hydrogen-bond acceptors (Lipinski definition) is 2. The minimum absolute atomic E-state index is 0.806. The fraction of sp³-hybridized carbons (Fsp3) is 0.400. The molecule has 1 aromatic rings. The van der Waals surface area contributed by atoms with Crippen LogP contribution in [0.1, 0.15) is 6.42 Å². The highest BCUT2D eigenvalue weighted by atomic mass is 79.9. The van der Waals surface area contributed by atoms with E-state index in [4.69, 9.17) is 4.74 Å². The van der Waals surface area contributed by atoms with E-state index in [1.54, 1.807) is 0 Å². The molecule has 2 rings (SSSR count). The van der Waals surface area contributed by atoms with Crippen molar-refractivity contribution in [3.63, 3.8) is 0 Å². The van der Waals surface area contributed by atoms with Gasteiger partial charge in [0.1, 0.15) is 0 Å². The zero-order chi connectivity index (χ0) is 9.26. The molecule has 0 unspecified atom stereocenters. The van der Waals surface area contributed by atoms with Gasteiger partial charge < -0.3 is 9.64 Å². The zero-order valence-corrected chi connectivity index (χ0v) is 9.17. The van der Waals surface area contributed by atoms with Gasteiger partial charge in [0.15, 0.2) is 5.75 Å². The average Bonchev–Trinajstić information content (AvgIpc) is 2.30. The largest absolute Gasteiger partial charge is 0.490 e. The van der Waals surface area contributed by atoms with E-state index in [1.807, 2.05) is 12.1 Å². The summed E-state index contributed by atoms with van der Waals surface area (Å²) in [6, 6.07) is 6.14. The maximum absolute atomic E-state index is 5.66. The van der Waals surface area contributed by atoms with Gasteiger partial charge in [-0.1, -0.05) is 6.07 Å². The molecule has 2 nitrogen and oxygen atoms in total. The molecule has 0 saturated heterocycles. The number of fused-ring (bicyclic) bond motifs is 1. The lowest BCUT2D eigenvalue weighted by atomic mass is 10.3. The van der Waals surface area contributed by atoms with Gasteiger partial charge in [0.05, 0.1) is 16.8 Å². The number of ether oxygens (including phenoxy) is 1. The molecule has 0 saturated carbocycles. The molecule has 0 fully saturated rings. The summed E-state index contributed by atoms with van der Waals surface area (Å²) in [5.74, 6) is 0.975. The van der Waals surface area contributed by atoms with Gasteiger partial charge in [0.2, 0.25) is 0 Å². The molecular weight excluding hydrogens is 230 g/mol. The van der Waals surface area contributed by atoms with Crippen molar-refractivity contribution in [2.75, 3.05) is 25.1 Å². The summed E-state index contributed by atoms with van der Waals surface area (Å²) in [7, 11) is 2.10. The van der Waals surface area contributed by atoms with E-state index in [0.29, 0.717) is 0 Å². The Morgan fingerprint density at radius 3 is 3.15 bits per heavy atom.